The number of hydrogen-bond acceptors (Lipinski definition) is 3. The molecule has 0 N–H and O–H groups in total. The first-order chi connectivity index (χ1) is 14.7. The van der Waals surface area contributed by atoms with Crippen LogP contribution in [0.25, 0.3) is 0 Å². The van der Waals surface area contributed by atoms with Crippen molar-refractivity contribution in [1.29, 1.82) is 0 Å². The van der Waals surface area contributed by atoms with Gasteiger partial charge in [0.2, 0.25) is 5.91 Å². The van der Waals surface area contributed by atoms with Crippen molar-refractivity contribution in [2.24, 2.45) is 11.8 Å². The third kappa shape index (κ3) is 5.63. The Hall–Kier alpha value is -1.88. The van der Waals surface area contributed by atoms with E-state index in [1.54, 1.807) is 0 Å². The molecule has 3 fully saturated rings. The fraction of sp³-hybridized carbons (Fsp3) is 0.680. The number of nitrogens with zero attached hydrogens (tertiary/aromatic N) is 2. The summed E-state index contributed by atoms with van der Waals surface area (Å²) in [6.07, 6.45) is 8.69. The lowest BCUT2D eigenvalue weighted by Gasteiger charge is -2.34. The van der Waals surface area contributed by atoms with Crippen LogP contribution in [0.5, 0.6) is 0 Å². The van der Waals surface area contributed by atoms with Crippen molar-refractivity contribution in [3.8, 4) is 0 Å². The third-order valence-corrected chi connectivity index (χ3v) is 7.23. The van der Waals surface area contributed by atoms with Crippen molar-refractivity contribution in [3.63, 3.8) is 0 Å². The Balaban J connectivity index is 1.12. The van der Waals surface area contributed by atoms with E-state index in [2.05, 4.69) is 35.2 Å². The van der Waals surface area contributed by atoms with Crippen LogP contribution in [0.15, 0.2) is 30.3 Å². The SMILES string of the molecule is O=C(CCC1CCN(C(=O)C2CCCO2)CC1)N1CCC(Cc2ccccc2)CC1. The van der Waals surface area contributed by atoms with Crippen LogP contribution in [-0.4, -0.2) is 60.5 Å². The van der Waals surface area contributed by atoms with Crippen LogP contribution in [0.3, 0.4) is 0 Å². The first kappa shape index (κ1) is 21.4. The molecule has 3 aliphatic heterocycles. The minimum atomic E-state index is -0.201. The summed E-state index contributed by atoms with van der Waals surface area (Å²) in [5.74, 6) is 1.77. The Morgan fingerprint density at radius 1 is 0.867 bits per heavy atom. The van der Waals surface area contributed by atoms with Gasteiger partial charge in [0, 0.05) is 39.2 Å². The van der Waals surface area contributed by atoms with Crippen molar-refractivity contribution >= 4 is 11.8 Å². The molecule has 1 aromatic carbocycles. The Morgan fingerprint density at radius 3 is 2.20 bits per heavy atom. The first-order valence-electron chi connectivity index (χ1n) is 11.9. The second-order valence-electron chi connectivity index (χ2n) is 9.32. The molecule has 5 heteroatoms. The third-order valence-electron chi connectivity index (χ3n) is 7.23. The summed E-state index contributed by atoms with van der Waals surface area (Å²) in [7, 11) is 0. The highest BCUT2D eigenvalue weighted by Gasteiger charge is 2.31. The molecule has 3 saturated heterocycles. The predicted molar refractivity (Wildman–Crippen MR) is 117 cm³/mol. The highest BCUT2D eigenvalue weighted by molar-refractivity contribution is 5.81. The Morgan fingerprint density at radius 2 is 1.53 bits per heavy atom. The monoisotopic (exact) mass is 412 g/mol. The molecule has 3 heterocycles. The number of likely N-dealkylation sites (tertiary alicyclic amines) is 2. The van der Waals surface area contributed by atoms with E-state index in [0.717, 1.165) is 84.2 Å². The minimum absolute atomic E-state index is 0.181. The predicted octanol–water partition coefficient (Wildman–Crippen LogP) is 3.67. The maximum atomic E-state index is 12.7. The highest BCUT2D eigenvalue weighted by Crippen LogP contribution is 2.26. The molecule has 0 spiro atoms. The van der Waals surface area contributed by atoms with E-state index in [-0.39, 0.29) is 12.0 Å². The van der Waals surface area contributed by atoms with Gasteiger partial charge in [0.25, 0.3) is 5.91 Å². The maximum Gasteiger partial charge on any atom is 0.251 e. The molecule has 164 valence electrons. The quantitative estimate of drug-likeness (QED) is 0.716. The molecule has 2 amide bonds. The molecule has 0 radical (unpaired) electrons. The van der Waals surface area contributed by atoms with E-state index in [0.29, 0.717) is 24.2 Å². The summed E-state index contributed by atoms with van der Waals surface area (Å²) in [5, 5.41) is 0. The zero-order valence-electron chi connectivity index (χ0n) is 18.1. The van der Waals surface area contributed by atoms with Gasteiger partial charge in [-0.25, -0.2) is 0 Å². The van der Waals surface area contributed by atoms with Gasteiger partial charge in [0.15, 0.2) is 0 Å². The Labute approximate surface area is 180 Å². The molecule has 0 aliphatic carbocycles. The van der Waals surface area contributed by atoms with Crippen LogP contribution < -0.4 is 0 Å². The van der Waals surface area contributed by atoms with Crippen molar-refractivity contribution in [2.45, 2.75) is 63.9 Å². The molecular formula is C25H36N2O3. The number of ether oxygens (including phenoxy) is 1. The van der Waals surface area contributed by atoms with Gasteiger partial charge in [-0.3, -0.25) is 9.59 Å². The number of hydrogen-bond donors (Lipinski definition) is 0. The molecule has 1 unspecified atom stereocenters. The summed E-state index contributed by atoms with van der Waals surface area (Å²) in [4.78, 5) is 29.2. The van der Waals surface area contributed by atoms with Gasteiger partial charge in [-0.05, 0) is 68.8 Å². The second kappa shape index (κ2) is 10.4. The largest absolute Gasteiger partial charge is 0.368 e. The number of rotatable bonds is 6. The fourth-order valence-corrected chi connectivity index (χ4v) is 5.24. The van der Waals surface area contributed by atoms with Crippen LogP contribution in [0.4, 0.5) is 0 Å². The topological polar surface area (TPSA) is 49.9 Å². The zero-order valence-corrected chi connectivity index (χ0v) is 18.1. The normalized spacial score (nSPS) is 23.7. The van der Waals surface area contributed by atoms with Crippen LogP contribution in [0.1, 0.15) is 56.9 Å². The molecule has 1 aromatic rings. The number of amides is 2. The molecule has 30 heavy (non-hydrogen) atoms. The molecule has 0 aromatic heterocycles. The standard InChI is InChI=1S/C25H36N2O3/c28-24(26-14-12-22(13-15-26)19-21-5-2-1-3-6-21)9-8-20-10-16-27(17-11-20)25(29)23-7-4-18-30-23/h1-3,5-6,20,22-23H,4,7-19H2. The number of carbonyl (C=O) groups is 2. The van der Waals surface area contributed by atoms with Crippen molar-refractivity contribution in [2.75, 3.05) is 32.8 Å². The van der Waals surface area contributed by atoms with Gasteiger partial charge in [-0.1, -0.05) is 30.3 Å². The van der Waals surface area contributed by atoms with Crippen molar-refractivity contribution in [1.82, 2.24) is 9.80 Å². The number of piperidine rings is 2. The molecule has 4 rings (SSSR count). The van der Waals surface area contributed by atoms with Gasteiger partial charge in [-0.15, -0.1) is 0 Å². The molecule has 1 atom stereocenters. The van der Waals surface area contributed by atoms with Crippen molar-refractivity contribution < 1.29 is 14.3 Å². The summed E-state index contributed by atoms with van der Waals surface area (Å²) >= 11 is 0. The molecule has 5 nitrogen and oxygen atoms in total. The summed E-state index contributed by atoms with van der Waals surface area (Å²) in [5.41, 5.74) is 1.41. The molecular weight excluding hydrogens is 376 g/mol. The second-order valence-corrected chi connectivity index (χ2v) is 9.32. The fourth-order valence-electron chi connectivity index (χ4n) is 5.24. The van der Waals surface area contributed by atoms with E-state index < -0.39 is 0 Å². The molecule has 0 saturated carbocycles. The zero-order chi connectivity index (χ0) is 20.8. The van der Waals surface area contributed by atoms with E-state index in [9.17, 15) is 9.59 Å². The lowest BCUT2D eigenvalue weighted by atomic mass is 9.89. The Kier molecular flexibility index (Phi) is 7.42. The van der Waals surface area contributed by atoms with Crippen LogP contribution in [-0.2, 0) is 20.7 Å². The molecule has 3 aliphatic rings. The number of carbonyl (C=O) groups excluding carboxylic acids is 2. The lowest BCUT2D eigenvalue weighted by molar-refractivity contribution is -0.142. The van der Waals surface area contributed by atoms with Gasteiger partial charge < -0.3 is 14.5 Å². The smallest absolute Gasteiger partial charge is 0.251 e. The van der Waals surface area contributed by atoms with E-state index in [1.807, 2.05) is 4.90 Å². The Bertz CT molecular complexity index is 686. The van der Waals surface area contributed by atoms with Gasteiger partial charge in [0.05, 0.1) is 0 Å². The van der Waals surface area contributed by atoms with Gasteiger partial charge in [-0.2, -0.15) is 0 Å². The van der Waals surface area contributed by atoms with Gasteiger partial charge in [0.1, 0.15) is 6.10 Å². The highest BCUT2D eigenvalue weighted by atomic mass is 16.5. The summed E-state index contributed by atoms with van der Waals surface area (Å²) in [6.45, 7) is 4.18. The first-order valence-corrected chi connectivity index (χ1v) is 11.9. The van der Waals surface area contributed by atoms with Crippen LogP contribution in [0, 0.1) is 11.8 Å². The number of benzene rings is 1. The van der Waals surface area contributed by atoms with E-state index in [4.69, 9.17) is 4.74 Å². The maximum absolute atomic E-state index is 12.7. The van der Waals surface area contributed by atoms with Crippen molar-refractivity contribution in [3.05, 3.63) is 35.9 Å². The molecule has 0 bridgehead atoms. The lowest BCUT2D eigenvalue weighted by Crippen LogP contribution is -2.44. The summed E-state index contributed by atoms with van der Waals surface area (Å²) in [6, 6.07) is 10.7. The summed E-state index contributed by atoms with van der Waals surface area (Å²) < 4.78 is 5.54. The average molecular weight is 413 g/mol. The van der Waals surface area contributed by atoms with E-state index in [1.165, 1.54) is 5.56 Å². The van der Waals surface area contributed by atoms with Crippen LogP contribution >= 0.6 is 0 Å². The average Bonchev–Trinajstić information content (AvgIpc) is 3.34. The van der Waals surface area contributed by atoms with Crippen LogP contribution in [0.2, 0.25) is 0 Å². The van der Waals surface area contributed by atoms with E-state index >= 15 is 0 Å². The minimum Gasteiger partial charge on any atom is -0.368 e. The van der Waals surface area contributed by atoms with Gasteiger partial charge >= 0.3 is 0 Å².